The zero-order chi connectivity index (χ0) is 15.7. The third-order valence-electron chi connectivity index (χ3n) is 3.92. The van der Waals surface area contributed by atoms with E-state index in [1.807, 2.05) is 0 Å². The van der Waals surface area contributed by atoms with Crippen molar-refractivity contribution in [3.05, 3.63) is 23.8 Å². The first kappa shape index (κ1) is 15.7. The van der Waals surface area contributed by atoms with Gasteiger partial charge in [0.2, 0.25) is 10.0 Å². The number of piperidine rings is 1. The highest BCUT2D eigenvalue weighted by molar-refractivity contribution is 7.88. The van der Waals surface area contributed by atoms with Gasteiger partial charge < -0.3 is 4.90 Å². The van der Waals surface area contributed by atoms with Crippen LogP contribution in [0.25, 0.3) is 10.2 Å². The van der Waals surface area contributed by atoms with Crippen LogP contribution in [0, 0.1) is 0 Å². The van der Waals surface area contributed by atoms with Gasteiger partial charge in [-0.25, -0.2) is 18.1 Å². The standard InChI is InChI=1S/C15H21N3O2S2/c1-3-11-6-7-13-14(9-11)21-15(16-13)18-8-4-5-12(10-18)17-22(2,19)20/h6-7,9,12,17H,3-5,8,10H2,1-2H3. The third-order valence-corrected chi connectivity index (χ3v) is 5.76. The molecule has 0 spiro atoms. The summed E-state index contributed by atoms with van der Waals surface area (Å²) in [6, 6.07) is 6.37. The Balaban J connectivity index is 1.81. The molecule has 22 heavy (non-hydrogen) atoms. The molecule has 1 saturated heterocycles. The van der Waals surface area contributed by atoms with E-state index in [1.54, 1.807) is 11.3 Å². The second-order valence-electron chi connectivity index (χ2n) is 5.83. The smallest absolute Gasteiger partial charge is 0.209 e. The molecule has 1 fully saturated rings. The molecule has 0 bridgehead atoms. The minimum absolute atomic E-state index is 0.0260. The van der Waals surface area contributed by atoms with Gasteiger partial charge >= 0.3 is 0 Å². The highest BCUT2D eigenvalue weighted by atomic mass is 32.2. The predicted molar refractivity (Wildman–Crippen MR) is 92.2 cm³/mol. The van der Waals surface area contributed by atoms with Crippen molar-refractivity contribution < 1.29 is 8.42 Å². The molecule has 1 aliphatic rings. The maximum absolute atomic E-state index is 11.4. The first-order valence-corrected chi connectivity index (χ1v) is 10.3. The van der Waals surface area contributed by atoms with E-state index in [4.69, 9.17) is 4.98 Å². The van der Waals surface area contributed by atoms with E-state index in [2.05, 4.69) is 34.7 Å². The van der Waals surface area contributed by atoms with E-state index in [-0.39, 0.29) is 6.04 Å². The fourth-order valence-electron chi connectivity index (χ4n) is 2.86. The van der Waals surface area contributed by atoms with Crippen LogP contribution in [-0.4, -0.2) is 38.8 Å². The van der Waals surface area contributed by atoms with Crippen molar-refractivity contribution in [1.29, 1.82) is 0 Å². The third kappa shape index (κ3) is 3.59. The number of benzene rings is 1. The largest absolute Gasteiger partial charge is 0.346 e. The van der Waals surface area contributed by atoms with Crippen LogP contribution in [0.2, 0.25) is 0 Å². The molecule has 1 N–H and O–H groups in total. The molecule has 120 valence electrons. The van der Waals surface area contributed by atoms with Crippen molar-refractivity contribution in [2.24, 2.45) is 0 Å². The minimum Gasteiger partial charge on any atom is -0.346 e. The van der Waals surface area contributed by atoms with Gasteiger partial charge in [-0.2, -0.15) is 0 Å². The highest BCUT2D eigenvalue weighted by Crippen LogP contribution is 2.31. The lowest BCUT2D eigenvalue weighted by molar-refractivity contribution is 0.467. The van der Waals surface area contributed by atoms with E-state index >= 15 is 0 Å². The minimum atomic E-state index is -3.16. The summed E-state index contributed by atoms with van der Waals surface area (Å²) in [6.07, 6.45) is 4.10. The van der Waals surface area contributed by atoms with Crippen LogP contribution in [0.4, 0.5) is 5.13 Å². The molecule has 1 aliphatic heterocycles. The zero-order valence-electron chi connectivity index (χ0n) is 12.9. The van der Waals surface area contributed by atoms with Gasteiger partial charge in [0.1, 0.15) is 0 Å². The van der Waals surface area contributed by atoms with Crippen molar-refractivity contribution in [1.82, 2.24) is 9.71 Å². The summed E-state index contributed by atoms with van der Waals surface area (Å²) in [7, 11) is -3.16. The predicted octanol–water partition coefficient (Wildman–Crippen LogP) is 2.38. The summed E-state index contributed by atoms with van der Waals surface area (Å²) in [5, 5.41) is 0.989. The Kier molecular flexibility index (Phi) is 4.38. The molecule has 0 saturated carbocycles. The van der Waals surface area contributed by atoms with Crippen molar-refractivity contribution in [2.75, 3.05) is 24.2 Å². The zero-order valence-corrected chi connectivity index (χ0v) is 14.5. The monoisotopic (exact) mass is 339 g/mol. The Morgan fingerprint density at radius 3 is 3.00 bits per heavy atom. The van der Waals surface area contributed by atoms with Gasteiger partial charge in [0.25, 0.3) is 0 Å². The molecule has 1 aromatic carbocycles. The fraction of sp³-hybridized carbons (Fsp3) is 0.533. The molecular formula is C15H21N3O2S2. The maximum atomic E-state index is 11.4. The molecule has 1 unspecified atom stereocenters. The van der Waals surface area contributed by atoms with Crippen molar-refractivity contribution in [3.8, 4) is 0 Å². The molecule has 0 radical (unpaired) electrons. The summed E-state index contributed by atoms with van der Waals surface area (Å²) in [5.41, 5.74) is 2.34. The second kappa shape index (κ2) is 6.14. The number of nitrogens with zero attached hydrogens (tertiary/aromatic N) is 2. The molecule has 1 aromatic heterocycles. The van der Waals surface area contributed by atoms with Crippen LogP contribution >= 0.6 is 11.3 Å². The van der Waals surface area contributed by atoms with E-state index in [0.717, 1.165) is 36.5 Å². The second-order valence-corrected chi connectivity index (χ2v) is 8.62. The number of hydrogen-bond acceptors (Lipinski definition) is 5. The summed E-state index contributed by atoms with van der Waals surface area (Å²) in [4.78, 5) is 6.91. The van der Waals surface area contributed by atoms with Gasteiger partial charge in [-0.15, -0.1) is 0 Å². The first-order valence-electron chi connectivity index (χ1n) is 7.56. The van der Waals surface area contributed by atoms with E-state index in [1.165, 1.54) is 16.5 Å². The molecule has 0 aliphatic carbocycles. The normalized spacial score (nSPS) is 19.7. The number of hydrogen-bond donors (Lipinski definition) is 1. The lowest BCUT2D eigenvalue weighted by Gasteiger charge is -2.32. The SMILES string of the molecule is CCc1ccc2nc(N3CCCC(NS(C)(=O)=O)C3)sc2c1. The Hall–Kier alpha value is -1.18. The number of aromatic nitrogens is 1. The Morgan fingerprint density at radius 2 is 2.27 bits per heavy atom. The van der Waals surface area contributed by atoms with Gasteiger partial charge in [-0.3, -0.25) is 0 Å². The Morgan fingerprint density at radius 1 is 1.45 bits per heavy atom. The van der Waals surface area contributed by atoms with Crippen LogP contribution in [0.1, 0.15) is 25.3 Å². The molecule has 7 heteroatoms. The molecule has 2 aromatic rings. The summed E-state index contributed by atoms with van der Waals surface area (Å²) in [5.74, 6) is 0. The molecule has 3 rings (SSSR count). The average Bonchev–Trinajstić information content (AvgIpc) is 2.88. The van der Waals surface area contributed by atoms with E-state index < -0.39 is 10.0 Å². The number of anilines is 1. The first-order chi connectivity index (χ1) is 10.4. The molecule has 0 amide bonds. The van der Waals surface area contributed by atoms with Gasteiger partial charge in [0.05, 0.1) is 16.5 Å². The molecule has 2 heterocycles. The number of nitrogens with one attached hydrogen (secondary N) is 1. The molecule has 1 atom stereocenters. The Labute approximate surface area is 135 Å². The number of fused-ring (bicyclic) bond motifs is 1. The fourth-order valence-corrected chi connectivity index (χ4v) is 4.72. The number of thiazole rings is 1. The van der Waals surface area contributed by atoms with Gasteiger partial charge in [0.15, 0.2) is 5.13 Å². The lowest BCUT2D eigenvalue weighted by atomic mass is 10.1. The number of rotatable bonds is 4. The van der Waals surface area contributed by atoms with E-state index in [0.29, 0.717) is 6.54 Å². The molecule has 5 nitrogen and oxygen atoms in total. The van der Waals surface area contributed by atoms with Crippen molar-refractivity contribution >= 4 is 36.7 Å². The van der Waals surface area contributed by atoms with Gasteiger partial charge in [0, 0.05) is 19.1 Å². The van der Waals surface area contributed by atoms with Crippen LogP contribution in [0.15, 0.2) is 18.2 Å². The van der Waals surface area contributed by atoms with Crippen LogP contribution in [0.5, 0.6) is 0 Å². The van der Waals surface area contributed by atoms with Crippen molar-refractivity contribution in [2.45, 2.75) is 32.2 Å². The van der Waals surface area contributed by atoms with E-state index in [9.17, 15) is 8.42 Å². The lowest BCUT2D eigenvalue weighted by Crippen LogP contribution is -2.47. The van der Waals surface area contributed by atoms with Gasteiger partial charge in [-0.05, 0) is 37.0 Å². The summed E-state index contributed by atoms with van der Waals surface area (Å²) < 4.78 is 26.7. The van der Waals surface area contributed by atoms with Crippen LogP contribution in [-0.2, 0) is 16.4 Å². The van der Waals surface area contributed by atoms with Crippen LogP contribution < -0.4 is 9.62 Å². The number of aryl methyl sites for hydroxylation is 1. The summed E-state index contributed by atoms with van der Waals surface area (Å²) >= 11 is 1.69. The number of sulfonamides is 1. The average molecular weight is 339 g/mol. The Bertz CT molecular complexity index is 770. The van der Waals surface area contributed by atoms with Crippen molar-refractivity contribution in [3.63, 3.8) is 0 Å². The molecular weight excluding hydrogens is 318 g/mol. The van der Waals surface area contributed by atoms with Crippen LogP contribution in [0.3, 0.4) is 0 Å². The highest BCUT2D eigenvalue weighted by Gasteiger charge is 2.24. The topological polar surface area (TPSA) is 62.3 Å². The maximum Gasteiger partial charge on any atom is 0.209 e. The van der Waals surface area contributed by atoms with Gasteiger partial charge in [-0.1, -0.05) is 24.3 Å². The quantitative estimate of drug-likeness (QED) is 0.929. The summed E-state index contributed by atoms with van der Waals surface area (Å²) in [6.45, 7) is 3.77.